The number of rotatable bonds is 14. The highest BCUT2D eigenvalue weighted by atomic mass is 33.1. The highest BCUT2D eigenvalue weighted by Gasteiger charge is 2.23. The van der Waals surface area contributed by atoms with Crippen molar-refractivity contribution in [2.24, 2.45) is 11.5 Å². The number of amides is 2. The molecule has 0 fully saturated rings. The van der Waals surface area contributed by atoms with Crippen molar-refractivity contribution in [3.05, 3.63) is 0 Å². The van der Waals surface area contributed by atoms with Crippen LogP contribution in [0.25, 0.3) is 0 Å². The molecule has 27 heavy (non-hydrogen) atoms. The number of hydrogen-bond donors (Lipinski definition) is 7. The lowest BCUT2D eigenvalue weighted by Crippen LogP contribution is -2.49. The first-order valence-electron chi connectivity index (χ1n) is 7.54. The number of nitrogens with one attached hydrogen (secondary N) is 2. The molecule has 14 heteroatoms. The van der Waals surface area contributed by atoms with Gasteiger partial charge in [-0.2, -0.15) is 0 Å². The van der Waals surface area contributed by atoms with Crippen LogP contribution in [0.4, 0.5) is 0 Å². The van der Waals surface area contributed by atoms with Gasteiger partial charge in [-0.15, -0.1) is 0 Å². The van der Waals surface area contributed by atoms with Crippen molar-refractivity contribution in [2.75, 3.05) is 18.1 Å². The van der Waals surface area contributed by atoms with Gasteiger partial charge < -0.3 is 37.4 Å². The van der Waals surface area contributed by atoms with Gasteiger partial charge in [-0.05, 0) is 6.42 Å². The Labute approximate surface area is 162 Å². The molecule has 0 spiro atoms. The number of nitrogens with two attached hydrogens (primary N) is 2. The molecule has 0 saturated carbocycles. The molecule has 0 aromatic carbocycles. The summed E-state index contributed by atoms with van der Waals surface area (Å²) in [7, 11) is 2.15. The summed E-state index contributed by atoms with van der Waals surface area (Å²) in [4.78, 5) is 55.7. The van der Waals surface area contributed by atoms with E-state index in [1.54, 1.807) is 0 Å². The summed E-state index contributed by atoms with van der Waals surface area (Å²) in [6.07, 6.45) is -0.377. The van der Waals surface area contributed by atoms with E-state index in [-0.39, 0.29) is 24.3 Å². The minimum absolute atomic E-state index is 0.0131. The summed E-state index contributed by atoms with van der Waals surface area (Å²) >= 11 is 0. The summed E-state index contributed by atoms with van der Waals surface area (Å²) < 4.78 is 0. The Kier molecular flexibility index (Phi) is 12.2. The number of carboxylic acids is 3. The molecule has 0 aromatic rings. The van der Waals surface area contributed by atoms with Crippen LogP contribution in [-0.2, 0) is 24.0 Å². The Hall–Kier alpha value is -2.03. The van der Waals surface area contributed by atoms with Gasteiger partial charge in [0.25, 0.3) is 0 Å². The molecule has 0 rings (SSSR count). The third-order valence-corrected chi connectivity index (χ3v) is 5.40. The maximum atomic E-state index is 12.0. The average molecular weight is 426 g/mol. The van der Waals surface area contributed by atoms with Gasteiger partial charge in [-0.3, -0.25) is 24.0 Å². The second-order valence-electron chi connectivity index (χ2n) is 5.23. The number of aliphatic carboxylic acids is 3. The number of carboxylic acid groups (broad SMARTS) is 3. The van der Waals surface area contributed by atoms with E-state index in [2.05, 4.69) is 10.6 Å². The van der Waals surface area contributed by atoms with Crippen molar-refractivity contribution in [3.63, 3.8) is 0 Å². The van der Waals surface area contributed by atoms with Crippen LogP contribution in [0, 0.1) is 0 Å². The third kappa shape index (κ3) is 12.1. The highest BCUT2D eigenvalue weighted by Crippen LogP contribution is 2.22. The number of carbonyl (C=O) groups is 5. The van der Waals surface area contributed by atoms with E-state index in [1.807, 2.05) is 0 Å². The van der Waals surface area contributed by atoms with Crippen molar-refractivity contribution in [2.45, 2.75) is 31.0 Å². The maximum Gasteiger partial charge on any atom is 0.322 e. The SMILES string of the molecule is N[C@H](CSSC[C@H](NC(=O)CC[C@H](N)C(=O)O)C(=O)NCC(=O)O)C(=O)O. The zero-order chi connectivity index (χ0) is 21.0. The lowest BCUT2D eigenvalue weighted by Gasteiger charge is -2.18. The summed E-state index contributed by atoms with van der Waals surface area (Å²) in [5.74, 6) is -5.01. The first-order chi connectivity index (χ1) is 12.5. The van der Waals surface area contributed by atoms with E-state index in [9.17, 15) is 24.0 Å². The minimum Gasteiger partial charge on any atom is -0.480 e. The van der Waals surface area contributed by atoms with Gasteiger partial charge in [0, 0.05) is 17.9 Å². The minimum atomic E-state index is -1.27. The van der Waals surface area contributed by atoms with Gasteiger partial charge in [0.05, 0.1) is 0 Å². The van der Waals surface area contributed by atoms with E-state index in [4.69, 9.17) is 26.8 Å². The van der Waals surface area contributed by atoms with E-state index in [0.717, 1.165) is 21.6 Å². The molecule has 154 valence electrons. The van der Waals surface area contributed by atoms with Crippen LogP contribution in [0.1, 0.15) is 12.8 Å². The Bertz CT molecular complexity index is 562. The Balaban J connectivity index is 4.61. The van der Waals surface area contributed by atoms with Gasteiger partial charge in [-0.1, -0.05) is 21.6 Å². The predicted octanol–water partition coefficient (Wildman–Crippen LogP) is -2.34. The van der Waals surface area contributed by atoms with Crippen LogP contribution in [0.2, 0.25) is 0 Å². The molecule has 3 atom stereocenters. The average Bonchev–Trinajstić information content (AvgIpc) is 2.59. The van der Waals surface area contributed by atoms with E-state index < -0.39 is 54.4 Å². The van der Waals surface area contributed by atoms with Crippen LogP contribution >= 0.6 is 21.6 Å². The van der Waals surface area contributed by atoms with E-state index in [0.29, 0.717) is 0 Å². The molecule has 0 unspecified atom stereocenters. The van der Waals surface area contributed by atoms with E-state index in [1.165, 1.54) is 0 Å². The molecule has 0 aliphatic heterocycles. The molecule has 0 saturated heterocycles. The van der Waals surface area contributed by atoms with Gasteiger partial charge in [0.15, 0.2) is 0 Å². The zero-order valence-electron chi connectivity index (χ0n) is 14.1. The topological polar surface area (TPSA) is 222 Å². The molecule has 0 aromatic heterocycles. The van der Waals surface area contributed by atoms with Gasteiger partial charge >= 0.3 is 17.9 Å². The molecular weight excluding hydrogens is 404 g/mol. The van der Waals surface area contributed by atoms with Crippen LogP contribution in [0.15, 0.2) is 0 Å². The Morgan fingerprint density at radius 3 is 1.96 bits per heavy atom. The fraction of sp³-hybridized carbons (Fsp3) is 0.615. The fourth-order valence-electron chi connectivity index (χ4n) is 1.45. The zero-order valence-corrected chi connectivity index (χ0v) is 15.8. The molecule has 0 radical (unpaired) electrons. The van der Waals surface area contributed by atoms with Crippen molar-refractivity contribution in [1.82, 2.24) is 10.6 Å². The second-order valence-corrected chi connectivity index (χ2v) is 7.78. The van der Waals surface area contributed by atoms with E-state index >= 15 is 0 Å². The molecule has 9 N–H and O–H groups in total. The van der Waals surface area contributed by atoms with Crippen LogP contribution in [-0.4, -0.2) is 81.2 Å². The maximum absolute atomic E-state index is 12.0. The number of hydrogen-bond acceptors (Lipinski definition) is 9. The van der Waals surface area contributed by atoms with Gasteiger partial charge in [0.1, 0.15) is 24.7 Å². The Morgan fingerprint density at radius 1 is 0.889 bits per heavy atom. The molecule has 2 amide bonds. The van der Waals surface area contributed by atoms with Gasteiger partial charge in [-0.25, -0.2) is 0 Å². The molecule has 0 bridgehead atoms. The van der Waals surface area contributed by atoms with Crippen molar-refractivity contribution in [3.8, 4) is 0 Å². The summed E-state index contributed by atoms with van der Waals surface area (Å²) in [6, 6.07) is -3.41. The Morgan fingerprint density at radius 2 is 1.44 bits per heavy atom. The van der Waals surface area contributed by atoms with Crippen LogP contribution < -0.4 is 22.1 Å². The predicted molar refractivity (Wildman–Crippen MR) is 97.9 cm³/mol. The highest BCUT2D eigenvalue weighted by molar-refractivity contribution is 8.76. The van der Waals surface area contributed by atoms with Crippen LogP contribution in [0.5, 0.6) is 0 Å². The van der Waals surface area contributed by atoms with Crippen molar-refractivity contribution in [1.29, 1.82) is 0 Å². The molecular formula is C13H22N4O8S2. The number of carbonyl (C=O) groups excluding carboxylic acids is 2. The summed E-state index contributed by atoms with van der Waals surface area (Å²) in [5, 5.41) is 30.5. The third-order valence-electron chi connectivity index (χ3n) is 2.95. The lowest BCUT2D eigenvalue weighted by atomic mass is 10.1. The summed E-state index contributed by atoms with van der Waals surface area (Å²) in [6.45, 7) is -0.642. The standard InChI is InChI=1S/C13H22N4O8S2/c14-6(12(22)23)1-2-9(18)17-8(11(21)16-3-10(19)20)5-27-26-4-7(15)13(24)25/h6-8H,1-5,14-15H2,(H,16,21)(H,17,18)(H,19,20)(H,22,23)(H,24,25)/t6-,7+,8-/m0/s1. The smallest absolute Gasteiger partial charge is 0.322 e. The lowest BCUT2D eigenvalue weighted by molar-refractivity contribution is -0.139. The first kappa shape index (κ1) is 25.0. The second kappa shape index (κ2) is 13.2. The van der Waals surface area contributed by atoms with Crippen molar-refractivity contribution >= 4 is 51.3 Å². The normalized spacial score (nSPS) is 13.9. The van der Waals surface area contributed by atoms with Crippen LogP contribution in [0.3, 0.4) is 0 Å². The molecule has 0 aliphatic rings. The molecule has 0 aliphatic carbocycles. The fourth-order valence-corrected chi connectivity index (χ4v) is 3.73. The monoisotopic (exact) mass is 426 g/mol. The largest absolute Gasteiger partial charge is 0.480 e. The molecule has 12 nitrogen and oxygen atoms in total. The van der Waals surface area contributed by atoms with Crippen molar-refractivity contribution < 1.29 is 39.3 Å². The first-order valence-corrected chi connectivity index (χ1v) is 10.0. The quantitative estimate of drug-likeness (QED) is 0.115. The van der Waals surface area contributed by atoms with Gasteiger partial charge in [0.2, 0.25) is 11.8 Å². The summed E-state index contributed by atoms with van der Waals surface area (Å²) in [5.41, 5.74) is 10.6. The molecule has 0 heterocycles.